The summed E-state index contributed by atoms with van der Waals surface area (Å²) in [7, 11) is 4.33. The molecule has 5 nitrogen and oxygen atoms in total. The summed E-state index contributed by atoms with van der Waals surface area (Å²) in [6.45, 7) is 0. The van der Waals surface area contributed by atoms with Gasteiger partial charge in [0.2, 0.25) is 0 Å². The fraction of sp³-hybridized carbons (Fsp3) is 0.333. The lowest BCUT2D eigenvalue weighted by molar-refractivity contribution is 0.124. The van der Waals surface area contributed by atoms with Gasteiger partial charge in [0.15, 0.2) is 0 Å². The molecule has 3 rings (SSSR count). The molecule has 6 heteroatoms. The standard InChI is InChI=1S/C18H24N2O3Si/c1-19-16-12-8-9-13-17(16)20(14-24(21-2,22-3)23-4)18(19)15-10-6-5-7-11-15/h5-13,18H,14H2,1-4H3. The molecule has 0 aliphatic carbocycles. The summed E-state index contributed by atoms with van der Waals surface area (Å²) in [5.41, 5.74) is 3.58. The van der Waals surface area contributed by atoms with E-state index in [0.29, 0.717) is 6.17 Å². The van der Waals surface area contributed by atoms with Gasteiger partial charge in [-0.1, -0.05) is 42.5 Å². The van der Waals surface area contributed by atoms with E-state index in [-0.39, 0.29) is 6.17 Å². The van der Waals surface area contributed by atoms with Crippen LogP contribution in [0.3, 0.4) is 0 Å². The van der Waals surface area contributed by atoms with Gasteiger partial charge in [-0.15, -0.1) is 0 Å². The van der Waals surface area contributed by atoms with Crippen molar-refractivity contribution in [3.63, 3.8) is 0 Å². The molecule has 0 bridgehead atoms. The van der Waals surface area contributed by atoms with E-state index >= 15 is 0 Å². The minimum atomic E-state index is -2.76. The van der Waals surface area contributed by atoms with Crippen molar-refractivity contribution in [2.24, 2.45) is 0 Å². The zero-order chi connectivity index (χ0) is 17.2. The number of benzene rings is 2. The lowest BCUT2D eigenvalue weighted by Crippen LogP contribution is -2.54. The highest BCUT2D eigenvalue weighted by molar-refractivity contribution is 6.61. The van der Waals surface area contributed by atoms with Crippen LogP contribution in [0.1, 0.15) is 11.7 Å². The highest BCUT2D eigenvalue weighted by Gasteiger charge is 2.46. The van der Waals surface area contributed by atoms with Crippen LogP contribution in [0, 0.1) is 0 Å². The van der Waals surface area contributed by atoms with Crippen LogP contribution in [0.2, 0.25) is 0 Å². The smallest absolute Gasteiger partial charge is 0.376 e. The van der Waals surface area contributed by atoms with Crippen molar-refractivity contribution in [2.45, 2.75) is 6.17 Å². The largest absolute Gasteiger partial charge is 0.520 e. The fourth-order valence-electron chi connectivity index (χ4n) is 3.33. The van der Waals surface area contributed by atoms with E-state index in [1.165, 1.54) is 11.3 Å². The Hall–Kier alpha value is -1.86. The minimum absolute atomic E-state index is 0.0796. The highest BCUT2D eigenvalue weighted by atomic mass is 28.4. The van der Waals surface area contributed by atoms with E-state index in [9.17, 15) is 0 Å². The number of anilines is 2. The van der Waals surface area contributed by atoms with Crippen LogP contribution in [0.5, 0.6) is 0 Å². The average Bonchev–Trinajstić information content (AvgIpc) is 2.93. The molecule has 0 N–H and O–H groups in total. The maximum Gasteiger partial charge on any atom is 0.520 e. The van der Waals surface area contributed by atoms with Gasteiger partial charge in [-0.2, -0.15) is 0 Å². The van der Waals surface area contributed by atoms with Crippen LogP contribution in [0.4, 0.5) is 11.4 Å². The molecule has 128 valence electrons. The Morgan fingerprint density at radius 2 is 1.38 bits per heavy atom. The molecular formula is C18H24N2O3Si. The van der Waals surface area contributed by atoms with Gasteiger partial charge in [0.1, 0.15) is 6.17 Å². The third-order valence-corrected chi connectivity index (χ3v) is 7.22. The molecule has 1 atom stereocenters. The van der Waals surface area contributed by atoms with Crippen LogP contribution in [-0.2, 0) is 13.3 Å². The second-order valence-electron chi connectivity index (χ2n) is 5.81. The third-order valence-electron chi connectivity index (χ3n) is 4.63. The maximum atomic E-state index is 5.67. The summed E-state index contributed by atoms with van der Waals surface area (Å²) in [5.74, 6) is 0. The molecule has 24 heavy (non-hydrogen) atoms. The Morgan fingerprint density at radius 3 is 1.96 bits per heavy atom. The van der Waals surface area contributed by atoms with Crippen molar-refractivity contribution in [1.29, 1.82) is 0 Å². The monoisotopic (exact) mass is 344 g/mol. The van der Waals surface area contributed by atoms with Gasteiger partial charge < -0.3 is 23.1 Å². The molecular weight excluding hydrogens is 320 g/mol. The molecule has 1 unspecified atom stereocenters. The summed E-state index contributed by atoms with van der Waals surface area (Å²) in [6.07, 6.45) is 0.660. The Bertz CT molecular complexity index is 671. The molecule has 0 spiro atoms. The highest BCUT2D eigenvalue weighted by Crippen LogP contribution is 2.45. The van der Waals surface area contributed by atoms with Crippen LogP contribution in [-0.4, -0.2) is 43.3 Å². The molecule has 0 aromatic heterocycles. The first-order valence-electron chi connectivity index (χ1n) is 7.94. The van der Waals surface area contributed by atoms with Gasteiger partial charge in [0, 0.05) is 28.4 Å². The van der Waals surface area contributed by atoms with E-state index in [4.69, 9.17) is 13.3 Å². The normalized spacial score (nSPS) is 17.2. The first-order chi connectivity index (χ1) is 11.7. The van der Waals surface area contributed by atoms with Crippen LogP contribution < -0.4 is 9.80 Å². The zero-order valence-electron chi connectivity index (χ0n) is 14.6. The molecule has 2 aromatic carbocycles. The SMILES string of the molecule is CO[Si](CN1c2ccccc2N(C)C1c1ccccc1)(OC)OC. The molecule has 2 aromatic rings. The van der Waals surface area contributed by atoms with Crippen LogP contribution in [0.15, 0.2) is 54.6 Å². The van der Waals surface area contributed by atoms with Crippen LogP contribution >= 0.6 is 0 Å². The third kappa shape index (κ3) is 2.82. The summed E-state index contributed by atoms with van der Waals surface area (Å²) < 4.78 is 17.0. The molecule has 1 aliphatic heterocycles. The van der Waals surface area contributed by atoms with Gasteiger partial charge in [0.25, 0.3) is 0 Å². The van der Waals surface area contributed by atoms with E-state index in [2.05, 4.69) is 65.4 Å². The van der Waals surface area contributed by atoms with Gasteiger partial charge in [-0.25, -0.2) is 0 Å². The lowest BCUT2D eigenvalue weighted by atomic mass is 10.1. The lowest BCUT2D eigenvalue weighted by Gasteiger charge is -2.35. The minimum Gasteiger partial charge on any atom is -0.376 e. The number of hydrogen-bond acceptors (Lipinski definition) is 5. The molecule has 0 saturated heterocycles. The number of rotatable bonds is 6. The summed E-state index contributed by atoms with van der Waals surface area (Å²) in [5, 5.41) is 0. The molecule has 0 saturated carbocycles. The molecule has 0 radical (unpaired) electrons. The first-order valence-corrected chi connectivity index (χ1v) is 9.88. The number of hydrogen-bond donors (Lipinski definition) is 0. The van der Waals surface area contributed by atoms with Crippen molar-refractivity contribution in [3.8, 4) is 0 Å². The Labute approximate surface area is 144 Å². The second kappa shape index (κ2) is 6.94. The van der Waals surface area contributed by atoms with Crippen molar-refractivity contribution >= 4 is 20.2 Å². The Balaban J connectivity index is 2.04. The topological polar surface area (TPSA) is 34.2 Å². The predicted octanol–water partition coefficient (Wildman–Crippen LogP) is 3.06. The van der Waals surface area contributed by atoms with E-state index < -0.39 is 8.80 Å². The summed E-state index contributed by atoms with van der Waals surface area (Å²) in [6, 6.07) is 18.9. The summed E-state index contributed by atoms with van der Waals surface area (Å²) >= 11 is 0. The molecule has 0 fully saturated rings. The zero-order valence-corrected chi connectivity index (χ0v) is 15.6. The molecule has 1 heterocycles. The average molecular weight is 344 g/mol. The Morgan fingerprint density at radius 1 is 0.833 bits per heavy atom. The van der Waals surface area contributed by atoms with E-state index in [1.807, 2.05) is 6.07 Å². The van der Waals surface area contributed by atoms with E-state index in [0.717, 1.165) is 5.69 Å². The van der Waals surface area contributed by atoms with Crippen molar-refractivity contribution in [1.82, 2.24) is 0 Å². The maximum absolute atomic E-state index is 5.67. The van der Waals surface area contributed by atoms with Gasteiger partial charge in [-0.3, -0.25) is 0 Å². The van der Waals surface area contributed by atoms with Gasteiger partial charge in [-0.05, 0) is 17.7 Å². The predicted molar refractivity (Wildman–Crippen MR) is 98.2 cm³/mol. The number of fused-ring (bicyclic) bond motifs is 1. The number of para-hydroxylation sites is 2. The number of nitrogens with zero attached hydrogens (tertiary/aromatic N) is 2. The summed E-state index contributed by atoms with van der Waals surface area (Å²) in [4.78, 5) is 4.60. The first kappa shape index (κ1) is 17.0. The van der Waals surface area contributed by atoms with Crippen molar-refractivity contribution in [3.05, 3.63) is 60.2 Å². The Kier molecular flexibility index (Phi) is 4.91. The quantitative estimate of drug-likeness (QED) is 0.753. The second-order valence-corrected chi connectivity index (χ2v) is 8.71. The van der Waals surface area contributed by atoms with E-state index in [1.54, 1.807) is 21.3 Å². The molecule has 1 aliphatic rings. The van der Waals surface area contributed by atoms with Gasteiger partial charge >= 0.3 is 8.80 Å². The van der Waals surface area contributed by atoms with Crippen LogP contribution in [0.25, 0.3) is 0 Å². The van der Waals surface area contributed by atoms with Crippen molar-refractivity contribution in [2.75, 3.05) is 44.3 Å². The van der Waals surface area contributed by atoms with Crippen molar-refractivity contribution < 1.29 is 13.3 Å². The molecule has 0 amide bonds. The fourth-order valence-corrected chi connectivity index (χ4v) is 4.98. The van der Waals surface area contributed by atoms with Gasteiger partial charge in [0.05, 0.1) is 17.5 Å².